The van der Waals surface area contributed by atoms with E-state index in [2.05, 4.69) is 0 Å². The highest BCUT2D eigenvalue weighted by molar-refractivity contribution is 5.91. The van der Waals surface area contributed by atoms with Gasteiger partial charge in [-0.15, -0.1) is 0 Å². The normalized spacial score (nSPS) is 10.5. The van der Waals surface area contributed by atoms with Gasteiger partial charge in [0.25, 0.3) is 6.29 Å². The van der Waals surface area contributed by atoms with Gasteiger partial charge in [-0.3, -0.25) is 0 Å². The first-order valence-electron chi connectivity index (χ1n) is 6.61. The largest absolute Gasteiger partial charge is 0.479 e. The maximum Gasteiger partial charge on any atom is 0.360 e. The molecule has 0 heterocycles. The lowest BCUT2D eigenvalue weighted by atomic mass is 10.1. The van der Waals surface area contributed by atoms with Gasteiger partial charge < -0.3 is 40.9 Å². The number of hydrogen-bond donors (Lipinski definition) is 8. The molecule has 0 aromatic heterocycles. The average Bonchev–Trinajstić information content (AvgIpc) is 2.56. The molecule has 26 heavy (non-hydrogen) atoms. The SMILES string of the molecule is O=C(O)C(O)CCO.O=C(O)C(O)O.O=C(O)c1ccc(C(=O)O)cc1. The van der Waals surface area contributed by atoms with Crippen LogP contribution in [-0.2, 0) is 9.59 Å². The minimum Gasteiger partial charge on any atom is -0.479 e. The van der Waals surface area contributed by atoms with Crippen LogP contribution >= 0.6 is 0 Å². The summed E-state index contributed by atoms with van der Waals surface area (Å²) >= 11 is 0. The first-order chi connectivity index (χ1) is 11.9. The van der Waals surface area contributed by atoms with Crippen LogP contribution in [0.2, 0.25) is 0 Å². The summed E-state index contributed by atoms with van der Waals surface area (Å²) in [5.41, 5.74) is 0.167. The highest BCUT2D eigenvalue weighted by atomic mass is 16.5. The van der Waals surface area contributed by atoms with Gasteiger partial charge in [0.15, 0.2) is 6.10 Å². The Kier molecular flexibility index (Phi) is 12.8. The number of carboxylic acids is 4. The Morgan fingerprint density at radius 2 is 1.04 bits per heavy atom. The van der Waals surface area contributed by atoms with Crippen molar-refractivity contribution in [3.63, 3.8) is 0 Å². The highest BCUT2D eigenvalue weighted by Crippen LogP contribution is 2.03. The van der Waals surface area contributed by atoms with Crippen molar-refractivity contribution in [2.45, 2.75) is 18.8 Å². The predicted molar refractivity (Wildman–Crippen MR) is 81.6 cm³/mol. The first kappa shape index (κ1) is 25.2. The molecule has 0 spiro atoms. The van der Waals surface area contributed by atoms with Crippen LogP contribution in [0.25, 0.3) is 0 Å². The summed E-state index contributed by atoms with van der Waals surface area (Å²) in [4.78, 5) is 39.6. The van der Waals surface area contributed by atoms with Gasteiger partial charge in [-0.1, -0.05) is 0 Å². The molecule has 1 unspecified atom stereocenters. The molecule has 0 amide bonds. The molecule has 0 aliphatic rings. The molecule has 0 aliphatic heterocycles. The van der Waals surface area contributed by atoms with Crippen molar-refractivity contribution in [3.05, 3.63) is 35.4 Å². The quantitative estimate of drug-likeness (QED) is 0.258. The third-order valence-corrected chi connectivity index (χ3v) is 2.29. The Hall–Kier alpha value is -3.06. The van der Waals surface area contributed by atoms with Crippen molar-refractivity contribution in [2.75, 3.05) is 6.61 Å². The van der Waals surface area contributed by atoms with E-state index in [1.165, 1.54) is 24.3 Å². The number of aliphatic hydroxyl groups is 4. The van der Waals surface area contributed by atoms with Crippen LogP contribution in [0.4, 0.5) is 0 Å². The van der Waals surface area contributed by atoms with Crippen molar-refractivity contribution in [3.8, 4) is 0 Å². The lowest BCUT2D eigenvalue weighted by Crippen LogP contribution is -2.20. The molecule has 0 aliphatic carbocycles. The molecule has 146 valence electrons. The van der Waals surface area contributed by atoms with Gasteiger partial charge >= 0.3 is 23.9 Å². The van der Waals surface area contributed by atoms with Crippen molar-refractivity contribution in [1.29, 1.82) is 0 Å². The summed E-state index contributed by atoms with van der Waals surface area (Å²) in [7, 11) is 0. The monoisotopic (exact) mass is 378 g/mol. The van der Waals surface area contributed by atoms with Gasteiger partial charge in [-0.25, -0.2) is 19.2 Å². The molecule has 1 atom stereocenters. The number of rotatable bonds is 6. The van der Waals surface area contributed by atoms with Crippen LogP contribution in [0, 0.1) is 0 Å². The van der Waals surface area contributed by atoms with E-state index in [0.717, 1.165) is 0 Å². The molecule has 1 rings (SSSR count). The zero-order chi connectivity index (χ0) is 20.9. The molecule has 0 saturated heterocycles. The fourth-order valence-corrected chi connectivity index (χ4v) is 1.00. The number of aromatic carboxylic acids is 2. The van der Waals surface area contributed by atoms with Crippen LogP contribution in [0.5, 0.6) is 0 Å². The summed E-state index contributed by atoms with van der Waals surface area (Å²) in [6.07, 6.45) is -3.75. The zero-order valence-electron chi connectivity index (χ0n) is 13.1. The Balaban J connectivity index is 0. The second-order valence-electron chi connectivity index (χ2n) is 4.27. The van der Waals surface area contributed by atoms with Crippen LogP contribution in [0.3, 0.4) is 0 Å². The van der Waals surface area contributed by atoms with Gasteiger partial charge in [0.1, 0.15) is 0 Å². The Bertz CT molecular complexity index is 559. The second-order valence-corrected chi connectivity index (χ2v) is 4.27. The Labute approximate surface area is 145 Å². The smallest absolute Gasteiger partial charge is 0.360 e. The van der Waals surface area contributed by atoms with E-state index in [9.17, 15) is 19.2 Å². The maximum absolute atomic E-state index is 10.3. The number of carbonyl (C=O) groups is 4. The third kappa shape index (κ3) is 12.4. The van der Waals surface area contributed by atoms with E-state index in [-0.39, 0.29) is 24.2 Å². The summed E-state index contributed by atoms with van der Waals surface area (Å²) in [6, 6.07) is 5.02. The lowest BCUT2D eigenvalue weighted by molar-refractivity contribution is -0.165. The average molecular weight is 378 g/mol. The van der Waals surface area contributed by atoms with Crippen molar-refractivity contribution in [1.82, 2.24) is 0 Å². The Morgan fingerprint density at radius 1 is 0.731 bits per heavy atom. The fourth-order valence-electron chi connectivity index (χ4n) is 1.00. The number of hydrogen-bond acceptors (Lipinski definition) is 8. The summed E-state index contributed by atoms with van der Waals surface area (Å²) in [6.45, 7) is -0.298. The molecule has 12 heteroatoms. The molecule has 0 radical (unpaired) electrons. The van der Waals surface area contributed by atoms with E-state index in [1.807, 2.05) is 0 Å². The van der Waals surface area contributed by atoms with Gasteiger partial charge in [-0.05, 0) is 24.3 Å². The van der Waals surface area contributed by atoms with Crippen LogP contribution in [-0.4, -0.2) is 83.7 Å². The van der Waals surface area contributed by atoms with E-state index in [0.29, 0.717) is 0 Å². The van der Waals surface area contributed by atoms with E-state index in [1.54, 1.807) is 0 Å². The molecular weight excluding hydrogens is 360 g/mol. The maximum atomic E-state index is 10.3. The standard InChI is InChI=1S/C8H6O4.C4H8O4.C2H4O4/c9-7(10)5-1-2-6(4-3-5)8(11)12;5-2-1-3(6)4(7)8;3-1(4)2(5)6/h1-4H,(H,9,10)(H,11,12);3,5-6H,1-2H2,(H,7,8);1,3-4H,(H,5,6). The van der Waals surface area contributed by atoms with Crippen LogP contribution < -0.4 is 0 Å². The minimum absolute atomic E-state index is 0.0833. The topological polar surface area (TPSA) is 230 Å². The number of aliphatic hydroxyl groups excluding tert-OH is 3. The zero-order valence-corrected chi connectivity index (χ0v) is 13.1. The summed E-state index contributed by atoms with van der Waals surface area (Å²) < 4.78 is 0. The molecule has 8 N–H and O–H groups in total. The summed E-state index contributed by atoms with van der Waals surface area (Å²) in [5.74, 6) is -5.05. The summed E-state index contributed by atoms with van der Waals surface area (Å²) in [5, 5.41) is 64.0. The lowest BCUT2D eigenvalue weighted by Gasteiger charge is -1.98. The minimum atomic E-state index is -2.23. The van der Waals surface area contributed by atoms with Gasteiger partial charge in [0, 0.05) is 13.0 Å². The van der Waals surface area contributed by atoms with Gasteiger partial charge in [-0.2, -0.15) is 0 Å². The number of carboxylic acid groups (broad SMARTS) is 4. The van der Waals surface area contributed by atoms with Gasteiger partial charge in [0.05, 0.1) is 11.1 Å². The molecular formula is C14H18O12. The highest BCUT2D eigenvalue weighted by Gasteiger charge is 2.10. The van der Waals surface area contributed by atoms with Crippen molar-refractivity contribution < 1.29 is 60.0 Å². The van der Waals surface area contributed by atoms with Crippen molar-refractivity contribution in [2.24, 2.45) is 0 Å². The molecule has 0 fully saturated rings. The van der Waals surface area contributed by atoms with E-state index < -0.39 is 36.3 Å². The molecule has 0 bridgehead atoms. The molecule has 1 aromatic carbocycles. The molecule has 12 nitrogen and oxygen atoms in total. The van der Waals surface area contributed by atoms with E-state index >= 15 is 0 Å². The van der Waals surface area contributed by atoms with E-state index in [4.69, 9.17) is 40.9 Å². The second kappa shape index (κ2) is 13.3. The first-order valence-corrected chi connectivity index (χ1v) is 6.61. The van der Waals surface area contributed by atoms with Crippen LogP contribution in [0.1, 0.15) is 27.1 Å². The molecule has 0 saturated carbocycles. The predicted octanol–water partition coefficient (Wildman–Crippen LogP) is -1.72. The van der Waals surface area contributed by atoms with Crippen molar-refractivity contribution >= 4 is 23.9 Å². The number of aliphatic carboxylic acids is 2. The molecule has 1 aromatic rings. The fraction of sp³-hybridized carbons (Fsp3) is 0.286. The number of benzene rings is 1. The van der Waals surface area contributed by atoms with Gasteiger partial charge in [0.2, 0.25) is 0 Å². The third-order valence-electron chi connectivity index (χ3n) is 2.29. The Morgan fingerprint density at radius 3 is 1.15 bits per heavy atom. The van der Waals surface area contributed by atoms with Crippen LogP contribution in [0.15, 0.2) is 24.3 Å².